The van der Waals surface area contributed by atoms with E-state index in [9.17, 15) is 0 Å². The Morgan fingerprint density at radius 2 is 2.43 bits per heavy atom. The highest BCUT2D eigenvalue weighted by Gasteiger charge is 2.09. The first-order valence-corrected chi connectivity index (χ1v) is 6.07. The van der Waals surface area contributed by atoms with Gasteiger partial charge in [0, 0.05) is 19.8 Å². The number of thiophene rings is 1. The van der Waals surface area contributed by atoms with Crippen LogP contribution in [0.4, 0.5) is 0 Å². The van der Waals surface area contributed by atoms with Crippen LogP contribution in [0.3, 0.4) is 0 Å². The molecule has 3 heteroatoms. The summed E-state index contributed by atoms with van der Waals surface area (Å²) < 4.78 is 5.06. The zero-order chi connectivity index (χ0) is 10.2. The van der Waals surface area contributed by atoms with Gasteiger partial charge in [-0.3, -0.25) is 0 Å². The van der Waals surface area contributed by atoms with Crippen molar-refractivity contribution >= 4 is 11.3 Å². The standard InChI is InChI=1S/C11H19NOS/c1-3-12-11(5-4-7-13-2)10-6-8-14-9-10/h6,8-9,11-12H,3-5,7H2,1-2H3. The molecule has 1 aromatic rings. The molecule has 1 N–H and O–H groups in total. The van der Waals surface area contributed by atoms with Crippen molar-refractivity contribution in [3.63, 3.8) is 0 Å². The maximum atomic E-state index is 5.06. The van der Waals surface area contributed by atoms with Gasteiger partial charge in [0.15, 0.2) is 0 Å². The maximum absolute atomic E-state index is 5.06. The van der Waals surface area contributed by atoms with Gasteiger partial charge in [0.05, 0.1) is 0 Å². The van der Waals surface area contributed by atoms with E-state index in [0.717, 1.165) is 26.0 Å². The van der Waals surface area contributed by atoms with Gasteiger partial charge in [-0.15, -0.1) is 0 Å². The molecule has 0 spiro atoms. The minimum absolute atomic E-state index is 0.501. The van der Waals surface area contributed by atoms with Gasteiger partial charge in [-0.25, -0.2) is 0 Å². The molecule has 1 rings (SSSR count). The summed E-state index contributed by atoms with van der Waals surface area (Å²) in [4.78, 5) is 0. The van der Waals surface area contributed by atoms with Crippen molar-refractivity contribution in [2.75, 3.05) is 20.3 Å². The summed E-state index contributed by atoms with van der Waals surface area (Å²) in [5.74, 6) is 0. The fourth-order valence-corrected chi connectivity index (χ4v) is 2.25. The Balaban J connectivity index is 2.39. The van der Waals surface area contributed by atoms with Crippen LogP contribution >= 0.6 is 11.3 Å². The second kappa shape index (κ2) is 6.98. The van der Waals surface area contributed by atoms with E-state index in [1.54, 1.807) is 18.4 Å². The van der Waals surface area contributed by atoms with Crippen LogP contribution in [0.25, 0.3) is 0 Å². The second-order valence-electron chi connectivity index (χ2n) is 3.30. The molecule has 0 aliphatic carbocycles. The molecule has 0 bridgehead atoms. The normalized spacial score (nSPS) is 13.0. The monoisotopic (exact) mass is 213 g/mol. The summed E-state index contributed by atoms with van der Waals surface area (Å²) in [6, 6.07) is 2.70. The van der Waals surface area contributed by atoms with Crippen molar-refractivity contribution < 1.29 is 4.74 Å². The van der Waals surface area contributed by atoms with Crippen molar-refractivity contribution in [1.82, 2.24) is 5.32 Å². The first kappa shape index (κ1) is 11.7. The Bertz CT molecular complexity index is 223. The predicted molar refractivity (Wildman–Crippen MR) is 61.8 cm³/mol. The molecule has 1 unspecified atom stereocenters. The molecule has 0 radical (unpaired) electrons. The first-order valence-electron chi connectivity index (χ1n) is 5.13. The molecule has 1 atom stereocenters. The molecule has 2 nitrogen and oxygen atoms in total. The lowest BCUT2D eigenvalue weighted by Gasteiger charge is -2.16. The van der Waals surface area contributed by atoms with Crippen molar-refractivity contribution in [3.05, 3.63) is 22.4 Å². The van der Waals surface area contributed by atoms with E-state index in [1.165, 1.54) is 5.56 Å². The Morgan fingerprint density at radius 3 is 3.00 bits per heavy atom. The largest absolute Gasteiger partial charge is 0.385 e. The number of hydrogen-bond donors (Lipinski definition) is 1. The summed E-state index contributed by atoms with van der Waals surface area (Å²) in [7, 11) is 1.76. The highest BCUT2D eigenvalue weighted by Crippen LogP contribution is 2.20. The summed E-state index contributed by atoms with van der Waals surface area (Å²) in [6.07, 6.45) is 2.27. The molecule has 0 saturated heterocycles. The summed E-state index contributed by atoms with van der Waals surface area (Å²) in [5, 5.41) is 7.85. The van der Waals surface area contributed by atoms with Crippen molar-refractivity contribution in [2.24, 2.45) is 0 Å². The van der Waals surface area contributed by atoms with Crippen molar-refractivity contribution in [1.29, 1.82) is 0 Å². The fourth-order valence-electron chi connectivity index (χ4n) is 1.54. The quantitative estimate of drug-likeness (QED) is 0.703. The molecule has 0 aliphatic rings. The van der Waals surface area contributed by atoms with E-state index >= 15 is 0 Å². The molecule has 0 aliphatic heterocycles. The van der Waals surface area contributed by atoms with Gasteiger partial charge in [0.25, 0.3) is 0 Å². The summed E-state index contributed by atoms with van der Waals surface area (Å²) >= 11 is 1.76. The topological polar surface area (TPSA) is 21.3 Å². The first-order chi connectivity index (χ1) is 6.88. The average Bonchev–Trinajstić information content (AvgIpc) is 2.70. The van der Waals surface area contributed by atoms with Crippen LogP contribution in [-0.2, 0) is 4.74 Å². The van der Waals surface area contributed by atoms with Crippen molar-refractivity contribution in [3.8, 4) is 0 Å². The molecular weight excluding hydrogens is 194 g/mol. The van der Waals surface area contributed by atoms with Crippen LogP contribution in [0.1, 0.15) is 31.4 Å². The minimum Gasteiger partial charge on any atom is -0.385 e. The lowest BCUT2D eigenvalue weighted by molar-refractivity contribution is 0.189. The average molecular weight is 213 g/mol. The van der Waals surface area contributed by atoms with E-state index < -0.39 is 0 Å². The highest BCUT2D eigenvalue weighted by atomic mass is 32.1. The molecule has 0 saturated carbocycles. The Morgan fingerprint density at radius 1 is 1.57 bits per heavy atom. The number of nitrogens with one attached hydrogen (secondary N) is 1. The van der Waals surface area contributed by atoms with Crippen LogP contribution in [-0.4, -0.2) is 20.3 Å². The molecular formula is C11H19NOS. The maximum Gasteiger partial charge on any atom is 0.0462 e. The number of hydrogen-bond acceptors (Lipinski definition) is 3. The molecule has 1 aromatic heterocycles. The van der Waals surface area contributed by atoms with Crippen LogP contribution in [0.5, 0.6) is 0 Å². The molecule has 14 heavy (non-hydrogen) atoms. The lowest BCUT2D eigenvalue weighted by atomic mass is 10.1. The zero-order valence-electron chi connectivity index (χ0n) is 8.95. The van der Waals surface area contributed by atoms with E-state index in [2.05, 4.69) is 29.1 Å². The van der Waals surface area contributed by atoms with Gasteiger partial charge >= 0.3 is 0 Å². The van der Waals surface area contributed by atoms with E-state index in [4.69, 9.17) is 4.74 Å². The molecule has 0 fully saturated rings. The van der Waals surface area contributed by atoms with Crippen LogP contribution in [0.15, 0.2) is 16.8 Å². The Hall–Kier alpha value is -0.380. The van der Waals surface area contributed by atoms with E-state index in [1.807, 2.05) is 0 Å². The molecule has 1 heterocycles. The minimum atomic E-state index is 0.501. The molecule has 0 amide bonds. The van der Waals surface area contributed by atoms with E-state index in [0.29, 0.717) is 6.04 Å². The van der Waals surface area contributed by atoms with E-state index in [-0.39, 0.29) is 0 Å². The second-order valence-corrected chi connectivity index (χ2v) is 4.08. The Labute approximate surface area is 90.3 Å². The molecule has 80 valence electrons. The highest BCUT2D eigenvalue weighted by molar-refractivity contribution is 7.07. The SMILES string of the molecule is CCNC(CCCOC)c1ccsc1. The van der Waals surface area contributed by atoms with Crippen molar-refractivity contribution in [2.45, 2.75) is 25.8 Å². The van der Waals surface area contributed by atoms with Gasteiger partial charge in [0.2, 0.25) is 0 Å². The third-order valence-corrected chi connectivity index (χ3v) is 2.94. The van der Waals surface area contributed by atoms with Gasteiger partial charge in [-0.1, -0.05) is 6.92 Å². The third-order valence-electron chi connectivity index (χ3n) is 2.24. The van der Waals surface area contributed by atoms with Gasteiger partial charge in [-0.05, 0) is 41.8 Å². The lowest BCUT2D eigenvalue weighted by Crippen LogP contribution is -2.20. The van der Waals surface area contributed by atoms with Gasteiger partial charge in [-0.2, -0.15) is 11.3 Å². The number of methoxy groups -OCH3 is 1. The van der Waals surface area contributed by atoms with Gasteiger partial charge in [0.1, 0.15) is 0 Å². The van der Waals surface area contributed by atoms with Crippen LogP contribution in [0.2, 0.25) is 0 Å². The number of ether oxygens (including phenoxy) is 1. The summed E-state index contributed by atoms with van der Waals surface area (Å²) in [6.45, 7) is 4.02. The third kappa shape index (κ3) is 3.78. The smallest absolute Gasteiger partial charge is 0.0462 e. The molecule has 0 aromatic carbocycles. The number of rotatable bonds is 7. The van der Waals surface area contributed by atoms with Crippen LogP contribution in [0, 0.1) is 0 Å². The fraction of sp³-hybridized carbons (Fsp3) is 0.636. The predicted octanol–water partition coefficient (Wildman–Crippen LogP) is 2.83. The summed E-state index contributed by atoms with van der Waals surface area (Å²) in [5.41, 5.74) is 1.41. The van der Waals surface area contributed by atoms with Crippen LogP contribution < -0.4 is 5.32 Å². The Kier molecular flexibility index (Phi) is 5.83. The zero-order valence-corrected chi connectivity index (χ0v) is 9.77. The van der Waals surface area contributed by atoms with Gasteiger partial charge < -0.3 is 10.1 Å².